The van der Waals surface area contributed by atoms with E-state index < -0.39 is 6.04 Å². The Kier molecular flexibility index (Phi) is 6.05. The van der Waals surface area contributed by atoms with E-state index in [0.717, 1.165) is 39.1 Å². The number of ether oxygens (including phenoxy) is 1. The molecule has 2 aliphatic heterocycles. The van der Waals surface area contributed by atoms with Crippen molar-refractivity contribution in [1.29, 1.82) is 0 Å². The predicted molar refractivity (Wildman–Crippen MR) is 92.4 cm³/mol. The van der Waals surface area contributed by atoms with Gasteiger partial charge in [-0.25, -0.2) is 0 Å². The van der Waals surface area contributed by atoms with Gasteiger partial charge in [0.1, 0.15) is 0 Å². The zero-order chi connectivity index (χ0) is 16.1. The Bertz CT molecular complexity index is 482. The van der Waals surface area contributed by atoms with E-state index in [1.54, 1.807) is 11.3 Å². The third-order valence-corrected chi connectivity index (χ3v) is 5.97. The highest BCUT2D eigenvalue weighted by Gasteiger charge is 2.29. The smallest absolute Gasteiger partial charge is 0.237 e. The summed E-state index contributed by atoms with van der Waals surface area (Å²) in [7, 11) is 0. The van der Waals surface area contributed by atoms with Gasteiger partial charge in [0, 0.05) is 24.6 Å². The SMILES string of the molecule is NC(C(=O)NCC(c1cccs1)N1CCCC1)C1CCOCC1. The van der Waals surface area contributed by atoms with Crippen LogP contribution in [-0.2, 0) is 9.53 Å². The minimum absolute atomic E-state index is 0.0161. The minimum Gasteiger partial charge on any atom is -0.381 e. The molecule has 5 nitrogen and oxygen atoms in total. The summed E-state index contributed by atoms with van der Waals surface area (Å²) in [4.78, 5) is 16.2. The summed E-state index contributed by atoms with van der Waals surface area (Å²) in [6, 6.07) is 4.11. The van der Waals surface area contributed by atoms with Gasteiger partial charge >= 0.3 is 0 Å². The van der Waals surface area contributed by atoms with Crippen molar-refractivity contribution in [1.82, 2.24) is 10.2 Å². The van der Waals surface area contributed by atoms with E-state index in [1.165, 1.54) is 17.7 Å². The molecule has 23 heavy (non-hydrogen) atoms. The molecular weight excluding hydrogens is 310 g/mol. The summed E-state index contributed by atoms with van der Waals surface area (Å²) >= 11 is 1.77. The first-order valence-electron chi connectivity index (χ1n) is 8.64. The molecule has 0 saturated carbocycles. The van der Waals surface area contributed by atoms with E-state index >= 15 is 0 Å². The number of nitrogens with zero attached hydrogens (tertiary/aromatic N) is 1. The van der Waals surface area contributed by atoms with Crippen molar-refractivity contribution in [2.75, 3.05) is 32.8 Å². The largest absolute Gasteiger partial charge is 0.381 e. The molecule has 2 fully saturated rings. The van der Waals surface area contributed by atoms with Crippen LogP contribution in [0.3, 0.4) is 0 Å². The molecule has 0 spiro atoms. The Hall–Kier alpha value is -0.950. The molecule has 3 rings (SSSR count). The highest BCUT2D eigenvalue weighted by molar-refractivity contribution is 7.10. The average Bonchev–Trinajstić information content (AvgIpc) is 3.29. The number of carbonyl (C=O) groups excluding carboxylic acids is 1. The number of nitrogens with two attached hydrogens (primary N) is 1. The van der Waals surface area contributed by atoms with Crippen LogP contribution >= 0.6 is 11.3 Å². The van der Waals surface area contributed by atoms with Crippen molar-refractivity contribution in [3.05, 3.63) is 22.4 Å². The molecule has 2 saturated heterocycles. The number of hydrogen-bond donors (Lipinski definition) is 2. The molecule has 0 aliphatic carbocycles. The molecule has 2 unspecified atom stereocenters. The maximum atomic E-state index is 12.4. The van der Waals surface area contributed by atoms with Crippen LogP contribution in [0.1, 0.15) is 36.6 Å². The monoisotopic (exact) mass is 337 g/mol. The normalized spacial score (nSPS) is 22.8. The van der Waals surface area contributed by atoms with Crippen molar-refractivity contribution in [3.63, 3.8) is 0 Å². The Morgan fingerprint density at radius 1 is 1.39 bits per heavy atom. The van der Waals surface area contributed by atoms with E-state index in [9.17, 15) is 4.79 Å². The molecule has 0 aromatic carbocycles. The maximum absolute atomic E-state index is 12.4. The summed E-state index contributed by atoms with van der Waals surface area (Å²) in [6.07, 6.45) is 4.26. The van der Waals surface area contributed by atoms with Crippen LogP contribution in [0, 0.1) is 5.92 Å². The zero-order valence-electron chi connectivity index (χ0n) is 13.6. The van der Waals surface area contributed by atoms with Crippen LogP contribution in [0.5, 0.6) is 0 Å². The Balaban J connectivity index is 1.56. The quantitative estimate of drug-likeness (QED) is 0.830. The first kappa shape index (κ1) is 16.9. The molecule has 1 amide bonds. The van der Waals surface area contributed by atoms with Crippen molar-refractivity contribution >= 4 is 17.2 Å². The number of nitrogens with one attached hydrogen (secondary N) is 1. The lowest BCUT2D eigenvalue weighted by Crippen LogP contribution is -2.49. The second-order valence-corrected chi connectivity index (χ2v) is 7.47. The fraction of sp³-hybridized carbons (Fsp3) is 0.706. The van der Waals surface area contributed by atoms with E-state index in [4.69, 9.17) is 10.5 Å². The third-order valence-electron chi connectivity index (χ3n) is 5.00. The van der Waals surface area contributed by atoms with Crippen molar-refractivity contribution in [2.24, 2.45) is 11.7 Å². The number of thiophene rings is 1. The number of amides is 1. The standard InChI is InChI=1S/C17H27N3O2S/c18-16(13-5-9-22-10-6-13)17(21)19-12-14(15-4-3-11-23-15)20-7-1-2-8-20/h3-4,11,13-14,16H,1-2,5-10,12,18H2,(H,19,21). The van der Waals surface area contributed by atoms with Gasteiger partial charge in [0.25, 0.3) is 0 Å². The fourth-order valence-corrected chi connectivity index (χ4v) is 4.41. The van der Waals surface area contributed by atoms with E-state index in [2.05, 4.69) is 27.7 Å². The summed E-state index contributed by atoms with van der Waals surface area (Å²) in [5.41, 5.74) is 6.17. The molecule has 3 heterocycles. The predicted octanol–water partition coefficient (Wildman–Crippen LogP) is 1.76. The second kappa shape index (κ2) is 8.24. The molecule has 2 aliphatic rings. The summed E-state index contributed by atoms with van der Waals surface area (Å²) in [5.74, 6) is 0.230. The van der Waals surface area contributed by atoms with Crippen LogP contribution in [-0.4, -0.2) is 49.7 Å². The Labute approximate surface area is 142 Å². The minimum atomic E-state index is -0.415. The lowest BCUT2D eigenvalue weighted by atomic mass is 9.92. The summed E-state index contributed by atoms with van der Waals surface area (Å²) < 4.78 is 5.35. The number of carbonyl (C=O) groups is 1. The number of hydrogen-bond acceptors (Lipinski definition) is 5. The second-order valence-electron chi connectivity index (χ2n) is 6.50. The molecule has 128 valence electrons. The van der Waals surface area contributed by atoms with Gasteiger partial charge in [-0.2, -0.15) is 0 Å². The first-order chi connectivity index (χ1) is 11.3. The Morgan fingerprint density at radius 2 is 2.13 bits per heavy atom. The van der Waals surface area contributed by atoms with Crippen molar-refractivity contribution in [2.45, 2.75) is 37.8 Å². The third kappa shape index (κ3) is 4.32. The van der Waals surface area contributed by atoms with Crippen LogP contribution < -0.4 is 11.1 Å². The summed E-state index contributed by atoms with van der Waals surface area (Å²) in [5, 5.41) is 5.21. The molecule has 0 radical (unpaired) electrons. The molecule has 2 atom stereocenters. The lowest BCUT2D eigenvalue weighted by Gasteiger charge is -2.29. The van der Waals surface area contributed by atoms with E-state index in [-0.39, 0.29) is 17.9 Å². The molecule has 6 heteroatoms. The maximum Gasteiger partial charge on any atom is 0.237 e. The topological polar surface area (TPSA) is 67.6 Å². The van der Waals surface area contributed by atoms with E-state index in [0.29, 0.717) is 6.54 Å². The number of likely N-dealkylation sites (tertiary alicyclic amines) is 1. The van der Waals surface area contributed by atoms with E-state index in [1.807, 2.05) is 0 Å². The molecule has 1 aromatic rings. The van der Waals surface area contributed by atoms with Crippen molar-refractivity contribution < 1.29 is 9.53 Å². The highest BCUT2D eigenvalue weighted by atomic mass is 32.1. The van der Waals surface area contributed by atoms with Gasteiger partial charge in [-0.3, -0.25) is 9.69 Å². The first-order valence-corrected chi connectivity index (χ1v) is 9.52. The molecule has 1 aromatic heterocycles. The van der Waals surface area contributed by atoms with Gasteiger partial charge in [-0.1, -0.05) is 6.07 Å². The van der Waals surface area contributed by atoms with Crippen LogP contribution in [0.15, 0.2) is 17.5 Å². The molecular formula is C17H27N3O2S. The van der Waals surface area contributed by atoms with Gasteiger partial charge in [-0.15, -0.1) is 11.3 Å². The van der Waals surface area contributed by atoms with Gasteiger partial charge in [0.2, 0.25) is 5.91 Å². The fourth-order valence-electron chi connectivity index (χ4n) is 3.55. The average molecular weight is 337 g/mol. The van der Waals surface area contributed by atoms with Gasteiger partial charge in [-0.05, 0) is 56.1 Å². The highest BCUT2D eigenvalue weighted by Crippen LogP contribution is 2.28. The molecule has 3 N–H and O–H groups in total. The van der Waals surface area contributed by atoms with Crippen LogP contribution in [0.2, 0.25) is 0 Å². The number of rotatable bonds is 6. The van der Waals surface area contributed by atoms with Crippen LogP contribution in [0.4, 0.5) is 0 Å². The lowest BCUT2D eigenvalue weighted by molar-refractivity contribution is -0.124. The van der Waals surface area contributed by atoms with Gasteiger partial charge in [0.15, 0.2) is 0 Å². The van der Waals surface area contributed by atoms with Crippen LogP contribution in [0.25, 0.3) is 0 Å². The summed E-state index contributed by atoms with van der Waals surface area (Å²) in [6.45, 7) is 4.32. The van der Waals surface area contributed by atoms with Gasteiger partial charge < -0.3 is 15.8 Å². The Morgan fingerprint density at radius 3 is 2.78 bits per heavy atom. The molecule has 0 bridgehead atoms. The van der Waals surface area contributed by atoms with Gasteiger partial charge in [0.05, 0.1) is 12.1 Å². The zero-order valence-corrected chi connectivity index (χ0v) is 14.4. The van der Waals surface area contributed by atoms with Crippen molar-refractivity contribution in [3.8, 4) is 0 Å².